The summed E-state index contributed by atoms with van der Waals surface area (Å²) in [5.74, 6) is 0.233. The number of hydrogen-bond acceptors (Lipinski definition) is 4. The maximum absolute atomic E-state index is 12.2. The summed E-state index contributed by atoms with van der Waals surface area (Å²) in [6, 6.07) is 4.26. The van der Waals surface area contributed by atoms with E-state index in [2.05, 4.69) is 5.32 Å². The van der Waals surface area contributed by atoms with E-state index in [1.54, 1.807) is 6.07 Å². The van der Waals surface area contributed by atoms with Gasteiger partial charge in [0.15, 0.2) is 0 Å². The minimum absolute atomic E-state index is 0.0883. The number of carbonyl (C=O) groups is 1. The van der Waals surface area contributed by atoms with Crippen LogP contribution in [0.2, 0.25) is 0 Å². The van der Waals surface area contributed by atoms with Gasteiger partial charge in [0, 0.05) is 28.9 Å². The summed E-state index contributed by atoms with van der Waals surface area (Å²) in [6.45, 7) is 0.651. The highest BCUT2D eigenvalue weighted by atomic mass is 127. The van der Waals surface area contributed by atoms with Gasteiger partial charge in [-0.05, 0) is 53.3 Å². The van der Waals surface area contributed by atoms with Gasteiger partial charge < -0.3 is 10.4 Å². The zero-order valence-electron chi connectivity index (χ0n) is 11.4. The Morgan fingerprint density at radius 2 is 2.14 bits per heavy atom. The third-order valence-electron chi connectivity index (χ3n) is 3.98. The molecule has 2 N–H and O–H groups in total. The van der Waals surface area contributed by atoms with Crippen LogP contribution >= 0.6 is 22.6 Å². The first-order valence-electron chi connectivity index (χ1n) is 6.86. The number of amides is 1. The first-order chi connectivity index (χ1) is 10.0. The smallest absolute Gasteiger partial charge is 0.270 e. The van der Waals surface area contributed by atoms with E-state index >= 15 is 0 Å². The van der Waals surface area contributed by atoms with E-state index in [9.17, 15) is 20.0 Å². The second-order valence-electron chi connectivity index (χ2n) is 5.26. The Morgan fingerprint density at radius 3 is 2.81 bits per heavy atom. The van der Waals surface area contributed by atoms with Crippen molar-refractivity contribution in [3.8, 4) is 0 Å². The first kappa shape index (κ1) is 16.2. The molecule has 1 aromatic rings. The van der Waals surface area contributed by atoms with Crippen molar-refractivity contribution in [3.63, 3.8) is 0 Å². The van der Waals surface area contributed by atoms with Crippen LogP contribution in [0.25, 0.3) is 0 Å². The fourth-order valence-electron chi connectivity index (χ4n) is 2.74. The third kappa shape index (κ3) is 3.91. The number of nitro benzene ring substituents is 1. The number of aliphatic hydroxyl groups excluding tert-OH is 1. The predicted octanol–water partition coefficient (Wildman–Crippen LogP) is 2.34. The van der Waals surface area contributed by atoms with Crippen LogP contribution in [-0.2, 0) is 0 Å². The molecule has 0 heterocycles. The molecule has 0 bridgehead atoms. The second kappa shape index (κ2) is 7.17. The Bertz CT molecular complexity index is 550. The number of halogens is 1. The number of hydrogen-bond donors (Lipinski definition) is 2. The predicted molar refractivity (Wildman–Crippen MR) is 86.1 cm³/mol. The van der Waals surface area contributed by atoms with Crippen LogP contribution in [0.3, 0.4) is 0 Å². The molecule has 1 aliphatic rings. The molecule has 2 unspecified atom stereocenters. The Hall–Kier alpha value is -1.22. The number of carbonyl (C=O) groups excluding carboxylic acids is 1. The molecule has 0 radical (unpaired) electrons. The first-order valence-corrected chi connectivity index (χ1v) is 7.93. The summed E-state index contributed by atoms with van der Waals surface area (Å²) < 4.78 is 0.681. The van der Waals surface area contributed by atoms with Crippen molar-refractivity contribution < 1.29 is 14.8 Å². The van der Waals surface area contributed by atoms with Crippen LogP contribution in [-0.4, -0.2) is 29.1 Å². The molecule has 0 saturated heterocycles. The van der Waals surface area contributed by atoms with Crippen LogP contribution in [0.15, 0.2) is 18.2 Å². The molecular weight excluding hydrogens is 387 g/mol. The molecule has 21 heavy (non-hydrogen) atoms. The molecule has 2 rings (SSSR count). The summed E-state index contributed by atoms with van der Waals surface area (Å²) in [5.41, 5.74) is 0.234. The Labute approximate surface area is 136 Å². The molecule has 6 nitrogen and oxygen atoms in total. The van der Waals surface area contributed by atoms with Crippen molar-refractivity contribution in [3.05, 3.63) is 37.4 Å². The highest BCUT2D eigenvalue weighted by molar-refractivity contribution is 14.1. The normalized spacial score (nSPS) is 21.2. The maximum Gasteiger partial charge on any atom is 0.270 e. The van der Waals surface area contributed by atoms with Crippen molar-refractivity contribution in [1.29, 1.82) is 0 Å². The topological polar surface area (TPSA) is 92.5 Å². The van der Waals surface area contributed by atoms with Crippen molar-refractivity contribution in [2.24, 2.45) is 11.8 Å². The minimum Gasteiger partial charge on any atom is -0.396 e. The molecule has 0 aliphatic heterocycles. The molecule has 2 atom stereocenters. The van der Waals surface area contributed by atoms with E-state index in [0.29, 0.717) is 15.7 Å². The van der Waals surface area contributed by atoms with Gasteiger partial charge in [0.25, 0.3) is 11.6 Å². The molecule has 1 aliphatic carbocycles. The molecule has 1 amide bonds. The lowest BCUT2D eigenvalue weighted by molar-refractivity contribution is -0.384. The van der Waals surface area contributed by atoms with Crippen LogP contribution in [0.4, 0.5) is 5.69 Å². The maximum atomic E-state index is 12.2. The van der Waals surface area contributed by atoms with Crippen molar-refractivity contribution in [1.82, 2.24) is 5.32 Å². The largest absolute Gasteiger partial charge is 0.396 e. The van der Waals surface area contributed by atoms with Gasteiger partial charge in [-0.2, -0.15) is 0 Å². The van der Waals surface area contributed by atoms with Crippen LogP contribution in [0, 0.1) is 25.5 Å². The fourth-order valence-corrected chi connectivity index (χ4v) is 3.32. The van der Waals surface area contributed by atoms with E-state index in [1.807, 2.05) is 22.6 Å². The molecule has 114 valence electrons. The van der Waals surface area contributed by atoms with Crippen LogP contribution in [0.5, 0.6) is 0 Å². The molecule has 1 aromatic carbocycles. The van der Waals surface area contributed by atoms with E-state index in [-0.39, 0.29) is 30.0 Å². The van der Waals surface area contributed by atoms with E-state index in [4.69, 9.17) is 0 Å². The van der Waals surface area contributed by atoms with Gasteiger partial charge in [-0.25, -0.2) is 0 Å². The van der Waals surface area contributed by atoms with Crippen molar-refractivity contribution in [2.75, 3.05) is 13.2 Å². The molecule has 1 fully saturated rings. The molecular formula is C14H17IN2O4. The van der Waals surface area contributed by atoms with Gasteiger partial charge in [0.05, 0.1) is 10.5 Å². The monoisotopic (exact) mass is 404 g/mol. The number of non-ortho nitro benzene ring substituents is 1. The van der Waals surface area contributed by atoms with Crippen LogP contribution < -0.4 is 5.32 Å². The quantitative estimate of drug-likeness (QED) is 0.448. The van der Waals surface area contributed by atoms with Crippen LogP contribution in [0.1, 0.15) is 29.6 Å². The number of aliphatic hydroxyl groups is 1. The van der Waals surface area contributed by atoms with Crippen molar-refractivity contribution >= 4 is 34.2 Å². The number of nitrogens with zero attached hydrogens (tertiary/aromatic N) is 1. The van der Waals surface area contributed by atoms with Gasteiger partial charge >= 0.3 is 0 Å². The average molecular weight is 404 g/mol. The van der Waals surface area contributed by atoms with E-state index in [0.717, 1.165) is 19.3 Å². The average Bonchev–Trinajstić information content (AvgIpc) is 2.92. The number of nitro groups is 1. The fraction of sp³-hybridized carbons (Fsp3) is 0.500. The zero-order chi connectivity index (χ0) is 15.4. The molecule has 7 heteroatoms. The van der Waals surface area contributed by atoms with Gasteiger partial charge in [0.1, 0.15) is 0 Å². The lowest BCUT2D eigenvalue weighted by Crippen LogP contribution is -2.32. The minimum atomic E-state index is -0.508. The second-order valence-corrected chi connectivity index (χ2v) is 6.43. The van der Waals surface area contributed by atoms with E-state index in [1.165, 1.54) is 12.1 Å². The number of benzene rings is 1. The Kier molecular flexibility index (Phi) is 5.51. The third-order valence-corrected chi connectivity index (χ3v) is 4.92. The highest BCUT2D eigenvalue weighted by Crippen LogP contribution is 2.30. The molecule has 0 spiro atoms. The molecule has 0 aromatic heterocycles. The lowest BCUT2D eigenvalue weighted by Gasteiger charge is -2.18. The Morgan fingerprint density at radius 1 is 1.43 bits per heavy atom. The van der Waals surface area contributed by atoms with Gasteiger partial charge in [-0.1, -0.05) is 6.42 Å². The summed E-state index contributed by atoms with van der Waals surface area (Å²) in [5, 5.41) is 22.9. The van der Waals surface area contributed by atoms with E-state index < -0.39 is 4.92 Å². The highest BCUT2D eigenvalue weighted by Gasteiger charge is 2.27. The lowest BCUT2D eigenvalue weighted by atomic mass is 9.97. The molecule has 1 saturated carbocycles. The Balaban J connectivity index is 2.03. The van der Waals surface area contributed by atoms with Gasteiger partial charge in [-0.3, -0.25) is 14.9 Å². The van der Waals surface area contributed by atoms with Crippen molar-refractivity contribution in [2.45, 2.75) is 19.3 Å². The number of nitrogens with one attached hydrogen (secondary N) is 1. The van der Waals surface area contributed by atoms with Gasteiger partial charge in [-0.15, -0.1) is 0 Å². The summed E-state index contributed by atoms with van der Waals surface area (Å²) >= 11 is 1.99. The standard InChI is InChI=1S/C14H17IN2O4/c15-13-5-4-11(17(20)21)6-12(13)14(19)16-7-9-2-1-3-10(9)8-18/h4-6,9-10,18H,1-3,7-8H2,(H,16,19). The van der Waals surface area contributed by atoms with Gasteiger partial charge in [0.2, 0.25) is 0 Å². The number of rotatable bonds is 5. The SMILES string of the molecule is O=C(NCC1CCCC1CO)c1cc([N+](=O)[O-])ccc1I. The summed E-state index contributed by atoms with van der Waals surface area (Å²) in [4.78, 5) is 22.5. The summed E-state index contributed by atoms with van der Waals surface area (Å²) in [7, 11) is 0. The summed E-state index contributed by atoms with van der Waals surface area (Å²) in [6.07, 6.45) is 3.06. The zero-order valence-corrected chi connectivity index (χ0v) is 13.6.